The van der Waals surface area contributed by atoms with Crippen LogP contribution in [0.1, 0.15) is 24.6 Å². The molecule has 1 aliphatic carbocycles. The first-order valence-corrected chi connectivity index (χ1v) is 5.04. The zero-order valence-electron chi connectivity index (χ0n) is 7.90. The smallest absolute Gasteiger partial charge is 0.109 e. The third kappa shape index (κ3) is 1.33. The fourth-order valence-corrected chi connectivity index (χ4v) is 1.67. The molecule has 3 rings (SSSR count). The van der Waals surface area contributed by atoms with Crippen molar-refractivity contribution in [3.05, 3.63) is 42.4 Å². The van der Waals surface area contributed by atoms with Gasteiger partial charge >= 0.3 is 0 Å². The Balaban J connectivity index is 1.96. The van der Waals surface area contributed by atoms with Crippen LogP contribution in [0, 0.1) is 0 Å². The van der Waals surface area contributed by atoms with E-state index in [2.05, 4.69) is 22.1 Å². The second kappa shape index (κ2) is 2.98. The minimum absolute atomic E-state index is 0.701. The van der Waals surface area contributed by atoms with Crippen LogP contribution in [-0.2, 0) is 0 Å². The van der Waals surface area contributed by atoms with Gasteiger partial charge in [0.25, 0.3) is 0 Å². The van der Waals surface area contributed by atoms with E-state index in [4.69, 9.17) is 0 Å². The maximum Gasteiger partial charge on any atom is 0.109 e. The predicted octanol–water partition coefficient (Wildman–Crippen LogP) is 2.95. The van der Waals surface area contributed by atoms with Crippen molar-refractivity contribution in [3.63, 3.8) is 0 Å². The lowest BCUT2D eigenvalue weighted by Gasteiger charge is -1.95. The Bertz CT molecular complexity index is 427. The maximum atomic E-state index is 4.40. The molecule has 0 bridgehead atoms. The average molecular weight is 184 g/mol. The molecule has 0 radical (unpaired) electrons. The van der Waals surface area contributed by atoms with Crippen LogP contribution in [0.25, 0.3) is 11.3 Å². The molecule has 0 unspecified atom stereocenters. The van der Waals surface area contributed by atoms with Crippen LogP contribution >= 0.6 is 0 Å². The van der Waals surface area contributed by atoms with E-state index in [1.165, 1.54) is 18.4 Å². The number of rotatable bonds is 2. The monoisotopic (exact) mass is 184 g/mol. The molecule has 2 nitrogen and oxygen atoms in total. The summed E-state index contributed by atoms with van der Waals surface area (Å²) < 4.78 is 0. The molecule has 1 aromatic heterocycles. The van der Waals surface area contributed by atoms with E-state index in [-0.39, 0.29) is 0 Å². The third-order valence-corrected chi connectivity index (χ3v) is 2.64. The molecular weight excluding hydrogens is 172 g/mol. The number of aromatic amines is 1. The van der Waals surface area contributed by atoms with Crippen LogP contribution in [0.5, 0.6) is 0 Å². The number of hydrogen-bond acceptors (Lipinski definition) is 1. The van der Waals surface area contributed by atoms with E-state index in [0.717, 1.165) is 11.5 Å². The van der Waals surface area contributed by atoms with E-state index in [0.29, 0.717) is 5.92 Å². The molecule has 1 fully saturated rings. The van der Waals surface area contributed by atoms with Crippen molar-refractivity contribution in [1.82, 2.24) is 9.97 Å². The molecule has 1 N–H and O–H groups in total. The van der Waals surface area contributed by atoms with Crippen molar-refractivity contribution in [2.24, 2.45) is 0 Å². The lowest BCUT2D eigenvalue weighted by molar-refractivity contribution is 0.977. The summed E-state index contributed by atoms with van der Waals surface area (Å²) in [5, 5.41) is 0. The van der Waals surface area contributed by atoms with Crippen molar-refractivity contribution in [2.45, 2.75) is 18.8 Å². The normalized spacial score (nSPS) is 15.7. The molecule has 0 aliphatic heterocycles. The molecule has 0 atom stereocenters. The second-order valence-electron chi connectivity index (χ2n) is 3.82. The Morgan fingerprint density at radius 2 is 1.93 bits per heavy atom. The van der Waals surface area contributed by atoms with Crippen molar-refractivity contribution < 1.29 is 0 Å². The van der Waals surface area contributed by atoms with Gasteiger partial charge in [0.1, 0.15) is 5.82 Å². The minimum atomic E-state index is 0.701. The standard InChI is InChI=1S/C12H12N2/c1-2-4-9(5-3-1)11-8-13-12(14-11)10-6-7-10/h1-5,8,10H,6-7H2,(H,13,14). The Morgan fingerprint density at radius 1 is 1.14 bits per heavy atom. The molecule has 2 aromatic rings. The van der Waals surface area contributed by atoms with Crippen molar-refractivity contribution >= 4 is 0 Å². The molecule has 2 heteroatoms. The van der Waals surface area contributed by atoms with Gasteiger partial charge in [-0.05, 0) is 18.4 Å². The number of hydrogen-bond donors (Lipinski definition) is 1. The summed E-state index contributed by atoms with van der Waals surface area (Å²) in [7, 11) is 0. The highest BCUT2D eigenvalue weighted by molar-refractivity contribution is 5.58. The molecule has 14 heavy (non-hydrogen) atoms. The molecule has 0 amide bonds. The fraction of sp³-hybridized carbons (Fsp3) is 0.250. The van der Waals surface area contributed by atoms with Gasteiger partial charge in [0.05, 0.1) is 11.9 Å². The molecule has 1 heterocycles. The first-order valence-electron chi connectivity index (χ1n) is 5.04. The Morgan fingerprint density at radius 3 is 2.64 bits per heavy atom. The van der Waals surface area contributed by atoms with E-state index in [9.17, 15) is 0 Å². The van der Waals surface area contributed by atoms with Crippen LogP contribution in [-0.4, -0.2) is 9.97 Å². The first kappa shape index (κ1) is 7.80. The maximum absolute atomic E-state index is 4.40. The highest BCUT2D eigenvalue weighted by atomic mass is 14.9. The Labute approximate surface area is 83.0 Å². The van der Waals surface area contributed by atoms with Gasteiger partial charge in [0.15, 0.2) is 0 Å². The van der Waals surface area contributed by atoms with Gasteiger partial charge in [-0.3, -0.25) is 0 Å². The SMILES string of the molecule is c1ccc(-c2cnc(C3CC3)[nH]2)cc1. The number of aromatic nitrogens is 2. The topological polar surface area (TPSA) is 28.7 Å². The number of nitrogens with one attached hydrogen (secondary N) is 1. The van der Waals surface area contributed by atoms with Gasteiger partial charge < -0.3 is 4.98 Å². The van der Waals surface area contributed by atoms with Gasteiger partial charge in [-0.2, -0.15) is 0 Å². The van der Waals surface area contributed by atoms with Crippen molar-refractivity contribution in [2.75, 3.05) is 0 Å². The predicted molar refractivity (Wildman–Crippen MR) is 56.0 cm³/mol. The van der Waals surface area contributed by atoms with Crippen LogP contribution in [0.3, 0.4) is 0 Å². The van der Waals surface area contributed by atoms with Crippen molar-refractivity contribution in [1.29, 1.82) is 0 Å². The highest BCUT2D eigenvalue weighted by Crippen LogP contribution is 2.38. The van der Waals surface area contributed by atoms with Gasteiger partial charge in [-0.1, -0.05) is 30.3 Å². The zero-order chi connectivity index (χ0) is 9.38. The van der Waals surface area contributed by atoms with Crippen LogP contribution in [0.15, 0.2) is 36.5 Å². The molecule has 70 valence electrons. The lowest BCUT2D eigenvalue weighted by atomic mass is 10.2. The first-order chi connectivity index (χ1) is 6.93. The van der Waals surface area contributed by atoms with E-state index in [1.807, 2.05) is 24.4 Å². The molecule has 0 spiro atoms. The second-order valence-corrected chi connectivity index (χ2v) is 3.82. The number of benzene rings is 1. The Hall–Kier alpha value is -1.57. The quantitative estimate of drug-likeness (QED) is 0.763. The minimum Gasteiger partial charge on any atom is -0.342 e. The average Bonchev–Trinajstić information content (AvgIpc) is 2.98. The van der Waals surface area contributed by atoms with E-state index in [1.54, 1.807) is 0 Å². The summed E-state index contributed by atoms with van der Waals surface area (Å²) in [4.78, 5) is 7.78. The summed E-state index contributed by atoms with van der Waals surface area (Å²) in [6.07, 6.45) is 4.52. The summed E-state index contributed by atoms with van der Waals surface area (Å²) in [6, 6.07) is 10.3. The summed E-state index contributed by atoms with van der Waals surface area (Å²) in [5.74, 6) is 1.86. The molecule has 1 aromatic carbocycles. The Kier molecular flexibility index (Phi) is 1.66. The van der Waals surface area contributed by atoms with Crippen LogP contribution < -0.4 is 0 Å². The van der Waals surface area contributed by atoms with Gasteiger partial charge in [0, 0.05) is 5.92 Å². The third-order valence-electron chi connectivity index (χ3n) is 2.64. The summed E-state index contributed by atoms with van der Waals surface area (Å²) in [5.41, 5.74) is 2.35. The largest absolute Gasteiger partial charge is 0.342 e. The molecular formula is C12H12N2. The van der Waals surface area contributed by atoms with Gasteiger partial charge in [-0.15, -0.1) is 0 Å². The lowest BCUT2D eigenvalue weighted by Crippen LogP contribution is -1.81. The number of H-pyrrole nitrogens is 1. The number of imidazole rings is 1. The fourth-order valence-electron chi connectivity index (χ4n) is 1.67. The van der Waals surface area contributed by atoms with Crippen molar-refractivity contribution in [3.8, 4) is 11.3 Å². The van der Waals surface area contributed by atoms with Gasteiger partial charge in [-0.25, -0.2) is 4.98 Å². The van der Waals surface area contributed by atoms with Crippen LogP contribution in [0.2, 0.25) is 0 Å². The molecule has 1 aliphatic rings. The zero-order valence-corrected chi connectivity index (χ0v) is 7.90. The van der Waals surface area contributed by atoms with Gasteiger partial charge in [0.2, 0.25) is 0 Å². The molecule has 0 saturated heterocycles. The number of nitrogens with zero attached hydrogens (tertiary/aromatic N) is 1. The van der Waals surface area contributed by atoms with E-state index >= 15 is 0 Å². The highest BCUT2D eigenvalue weighted by Gasteiger charge is 2.26. The van der Waals surface area contributed by atoms with Crippen LogP contribution in [0.4, 0.5) is 0 Å². The molecule has 1 saturated carbocycles. The summed E-state index contributed by atoms with van der Waals surface area (Å²) in [6.45, 7) is 0. The van der Waals surface area contributed by atoms with E-state index < -0.39 is 0 Å². The summed E-state index contributed by atoms with van der Waals surface area (Å²) >= 11 is 0.